The number of aryl methyl sites for hydroxylation is 1. The third kappa shape index (κ3) is 6.76. The molecule has 0 aliphatic heterocycles. The van der Waals surface area contributed by atoms with Crippen LogP contribution < -0.4 is 0 Å². The van der Waals surface area contributed by atoms with Crippen molar-refractivity contribution in [3.05, 3.63) is 29.8 Å². The number of aliphatic hydroxyl groups excluding tert-OH is 1. The van der Waals surface area contributed by atoms with E-state index < -0.39 is 25.0 Å². The lowest BCUT2D eigenvalue weighted by molar-refractivity contribution is 0.160. The van der Waals surface area contributed by atoms with E-state index in [1.807, 2.05) is 31.2 Å². The van der Waals surface area contributed by atoms with E-state index in [-0.39, 0.29) is 5.25 Å². The van der Waals surface area contributed by atoms with E-state index in [0.29, 0.717) is 0 Å². The summed E-state index contributed by atoms with van der Waals surface area (Å²) in [5.41, 5.74) is 1.17. The van der Waals surface area contributed by atoms with Crippen molar-refractivity contribution in [2.24, 2.45) is 0 Å². The molecule has 0 aliphatic rings. The Labute approximate surface area is 139 Å². The predicted molar refractivity (Wildman–Crippen MR) is 99.7 cm³/mol. The van der Waals surface area contributed by atoms with Gasteiger partial charge in [0.15, 0.2) is 0 Å². The summed E-state index contributed by atoms with van der Waals surface area (Å²) >= 11 is 0. The quantitative estimate of drug-likeness (QED) is 0.520. The van der Waals surface area contributed by atoms with Crippen molar-refractivity contribution in [1.82, 2.24) is 0 Å². The van der Waals surface area contributed by atoms with Crippen molar-refractivity contribution in [3.63, 3.8) is 0 Å². The highest BCUT2D eigenvalue weighted by Gasteiger charge is 2.31. The van der Waals surface area contributed by atoms with Crippen molar-refractivity contribution in [2.75, 3.05) is 0 Å². The van der Waals surface area contributed by atoms with Crippen molar-refractivity contribution in [3.8, 4) is 0 Å². The lowest BCUT2D eigenvalue weighted by Gasteiger charge is -2.28. The molecule has 3 atom stereocenters. The summed E-state index contributed by atoms with van der Waals surface area (Å²) in [6.07, 6.45) is 3.60. The van der Waals surface area contributed by atoms with Gasteiger partial charge in [-0.05, 0) is 31.5 Å². The standard InChI is InChI=1S/C18H32O2SSi/c1-6-7-8-9-17(19)18(14-22(3,4)5)21(20)16-12-10-15(2)11-13-16/h10-13,17-19H,6-9,14H2,1-5H3/t17?,18-,21-/m0/s1. The minimum Gasteiger partial charge on any atom is -0.392 e. The number of unbranched alkanes of at least 4 members (excludes halogenated alkanes) is 2. The molecule has 0 amide bonds. The van der Waals surface area contributed by atoms with E-state index in [2.05, 4.69) is 26.6 Å². The molecule has 0 heterocycles. The molecule has 0 aliphatic carbocycles. The van der Waals surface area contributed by atoms with Gasteiger partial charge in [0.1, 0.15) is 0 Å². The highest BCUT2D eigenvalue weighted by atomic mass is 32.2. The van der Waals surface area contributed by atoms with Gasteiger partial charge in [0.2, 0.25) is 0 Å². The molecule has 1 N–H and O–H groups in total. The summed E-state index contributed by atoms with van der Waals surface area (Å²) in [7, 11) is -2.52. The maximum Gasteiger partial charge on any atom is 0.0684 e. The molecular formula is C18H32O2SSi. The number of benzene rings is 1. The summed E-state index contributed by atoms with van der Waals surface area (Å²) in [5.74, 6) is 0. The van der Waals surface area contributed by atoms with Crippen LogP contribution in [0.4, 0.5) is 0 Å². The fourth-order valence-corrected chi connectivity index (χ4v) is 7.35. The third-order valence-electron chi connectivity index (χ3n) is 3.87. The molecular weight excluding hydrogens is 308 g/mol. The Balaban J connectivity index is 2.88. The van der Waals surface area contributed by atoms with Crippen LogP contribution in [-0.4, -0.2) is 28.7 Å². The molecule has 0 bridgehead atoms. The van der Waals surface area contributed by atoms with Crippen LogP contribution in [0.1, 0.15) is 38.2 Å². The number of hydrogen-bond acceptors (Lipinski definition) is 2. The number of rotatable bonds is 9. The van der Waals surface area contributed by atoms with Gasteiger partial charge in [-0.25, -0.2) is 0 Å². The van der Waals surface area contributed by atoms with E-state index >= 15 is 0 Å². The van der Waals surface area contributed by atoms with Crippen LogP contribution in [0.2, 0.25) is 25.7 Å². The molecule has 0 saturated heterocycles. The zero-order valence-electron chi connectivity index (χ0n) is 14.8. The molecule has 1 aromatic carbocycles. The average Bonchev–Trinajstić information content (AvgIpc) is 2.44. The van der Waals surface area contributed by atoms with E-state index in [1.165, 1.54) is 5.56 Å². The summed E-state index contributed by atoms with van der Waals surface area (Å²) in [6.45, 7) is 11.0. The molecule has 1 unspecified atom stereocenters. The Bertz CT molecular complexity index is 465. The summed E-state index contributed by atoms with van der Waals surface area (Å²) in [4.78, 5) is 0.850. The first-order valence-electron chi connectivity index (χ1n) is 8.40. The van der Waals surface area contributed by atoms with Crippen LogP contribution >= 0.6 is 0 Å². The van der Waals surface area contributed by atoms with Crippen molar-refractivity contribution in [1.29, 1.82) is 0 Å². The maximum atomic E-state index is 13.0. The Hall–Kier alpha value is -0.453. The van der Waals surface area contributed by atoms with Gasteiger partial charge in [-0.1, -0.05) is 63.5 Å². The first-order valence-corrected chi connectivity index (χ1v) is 13.3. The average molecular weight is 341 g/mol. The highest BCUT2D eigenvalue weighted by molar-refractivity contribution is 7.85. The first-order chi connectivity index (χ1) is 10.2. The first kappa shape index (κ1) is 19.6. The second-order valence-corrected chi connectivity index (χ2v) is 14.7. The monoisotopic (exact) mass is 340 g/mol. The molecule has 126 valence electrons. The zero-order valence-corrected chi connectivity index (χ0v) is 16.6. The topological polar surface area (TPSA) is 37.3 Å². The zero-order chi connectivity index (χ0) is 16.8. The predicted octanol–water partition coefficient (Wildman–Crippen LogP) is 4.75. The lowest BCUT2D eigenvalue weighted by atomic mass is 10.1. The molecule has 0 spiro atoms. The van der Waals surface area contributed by atoms with Crippen molar-refractivity contribution < 1.29 is 9.32 Å². The van der Waals surface area contributed by atoms with Gasteiger partial charge in [-0.3, -0.25) is 4.21 Å². The Morgan fingerprint density at radius 3 is 2.23 bits per heavy atom. The van der Waals surface area contributed by atoms with Gasteiger partial charge in [-0.15, -0.1) is 0 Å². The van der Waals surface area contributed by atoms with Gasteiger partial charge in [0.05, 0.1) is 22.2 Å². The van der Waals surface area contributed by atoms with Crippen LogP contribution in [-0.2, 0) is 10.8 Å². The van der Waals surface area contributed by atoms with Gasteiger partial charge >= 0.3 is 0 Å². The normalized spacial score (nSPS) is 16.3. The third-order valence-corrected chi connectivity index (χ3v) is 7.60. The fraction of sp³-hybridized carbons (Fsp3) is 0.667. The Morgan fingerprint density at radius 1 is 1.14 bits per heavy atom. The maximum absolute atomic E-state index is 13.0. The summed E-state index contributed by atoms with van der Waals surface area (Å²) in [6, 6.07) is 8.80. The van der Waals surface area contributed by atoms with Crippen LogP contribution in [0.15, 0.2) is 29.2 Å². The Kier molecular flexibility index (Phi) is 8.01. The highest BCUT2D eigenvalue weighted by Crippen LogP contribution is 2.25. The summed E-state index contributed by atoms with van der Waals surface area (Å²) < 4.78 is 13.0. The molecule has 1 rings (SSSR count). The molecule has 1 aromatic rings. The van der Waals surface area contributed by atoms with Gasteiger partial charge in [-0.2, -0.15) is 0 Å². The number of hydrogen-bond donors (Lipinski definition) is 1. The molecule has 22 heavy (non-hydrogen) atoms. The van der Waals surface area contributed by atoms with E-state index in [1.54, 1.807) is 0 Å². The molecule has 2 nitrogen and oxygen atoms in total. The van der Waals surface area contributed by atoms with Gasteiger partial charge in [0.25, 0.3) is 0 Å². The minimum atomic E-state index is -1.39. The second-order valence-electron chi connectivity index (χ2n) is 7.48. The van der Waals surface area contributed by atoms with Crippen LogP contribution in [0.5, 0.6) is 0 Å². The van der Waals surface area contributed by atoms with E-state index in [0.717, 1.165) is 36.6 Å². The molecule has 0 saturated carbocycles. The van der Waals surface area contributed by atoms with Crippen LogP contribution in [0, 0.1) is 6.92 Å². The lowest BCUT2D eigenvalue weighted by Crippen LogP contribution is -2.37. The number of aliphatic hydroxyl groups is 1. The summed E-state index contributed by atoms with van der Waals surface area (Å²) in [5, 5.41) is 10.5. The minimum absolute atomic E-state index is 0.133. The van der Waals surface area contributed by atoms with Crippen LogP contribution in [0.25, 0.3) is 0 Å². The smallest absolute Gasteiger partial charge is 0.0684 e. The largest absolute Gasteiger partial charge is 0.392 e. The molecule has 0 aromatic heterocycles. The fourth-order valence-electron chi connectivity index (χ4n) is 2.59. The van der Waals surface area contributed by atoms with E-state index in [9.17, 15) is 9.32 Å². The molecule has 4 heteroatoms. The molecule has 0 fully saturated rings. The SMILES string of the molecule is CCCCCC(O)[C@H](C[Si](C)(C)C)[S@@](=O)c1ccc(C)cc1. The van der Waals surface area contributed by atoms with Crippen molar-refractivity contribution >= 4 is 18.9 Å². The van der Waals surface area contributed by atoms with E-state index in [4.69, 9.17) is 0 Å². The van der Waals surface area contributed by atoms with Crippen LogP contribution in [0.3, 0.4) is 0 Å². The van der Waals surface area contributed by atoms with Crippen molar-refractivity contribution in [2.45, 2.75) is 81.5 Å². The second kappa shape index (κ2) is 8.99. The van der Waals surface area contributed by atoms with Gasteiger partial charge < -0.3 is 5.11 Å². The van der Waals surface area contributed by atoms with Gasteiger partial charge in [0, 0.05) is 13.0 Å². The molecule has 0 radical (unpaired) electrons. The Morgan fingerprint density at radius 2 is 1.73 bits per heavy atom.